The van der Waals surface area contributed by atoms with Crippen LogP contribution in [0.2, 0.25) is 0 Å². The number of benzene rings is 1. The van der Waals surface area contributed by atoms with E-state index in [4.69, 9.17) is 0 Å². The van der Waals surface area contributed by atoms with Crippen molar-refractivity contribution in [2.75, 3.05) is 5.75 Å². The second-order valence-corrected chi connectivity index (χ2v) is 5.33. The summed E-state index contributed by atoms with van der Waals surface area (Å²) in [5, 5.41) is 30.4. The van der Waals surface area contributed by atoms with Crippen molar-refractivity contribution in [1.29, 1.82) is 0 Å². The van der Waals surface area contributed by atoms with Crippen molar-refractivity contribution >= 4 is 22.6 Å². The lowest BCUT2D eigenvalue weighted by molar-refractivity contribution is -0.386. The highest BCUT2D eigenvalue weighted by Gasteiger charge is 2.26. The van der Waals surface area contributed by atoms with Crippen LogP contribution in [0.4, 0.5) is 5.69 Å². The molecule has 0 aliphatic carbocycles. The van der Waals surface area contributed by atoms with E-state index in [1.807, 2.05) is 0 Å². The minimum absolute atomic E-state index is 0.0123. The Labute approximate surface area is 114 Å². The number of aliphatic hydroxyl groups excluding tert-OH is 2. The van der Waals surface area contributed by atoms with E-state index in [1.165, 1.54) is 19.1 Å². The van der Waals surface area contributed by atoms with Gasteiger partial charge in [0.1, 0.15) is 6.10 Å². The lowest BCUT2D eigenvalue weighted by atomic mass is 10.0. The standard InChI is InChI=1S/C12H15NO5S/c1-7-3-4-10(13(17)18)9(5-7)12(16)11(15)6-19-8(2)14/h3-5,11-12,15-16H,6H2,1-2H3. The average Bonchev–Trinajstić information content (AvgIpc) is 2.34. The van der Waals surface area contributed by atoms with Crippen LogP contribution in [-0.4, -0.2) is 32.1 Å². The summed E-state index contributed by atoms with van der Waals surface area (Å²) in [7, 11) is 0. The van der Waals surface area contributed by atoms with Crippen LogP contribution in [0.3, 0.4) is 0 Å². The maximum absolute atomic E-state index is 10.9. The number of rotatable bonds is 5. The molecule has 2 unspecified atom stereocenters. The molecule has 19 heavy (non-hydrogen) atoms. The van der Waals surface area contributed by atoms with Gasteiger partial charge in [0, 0.05) is 18.7 Å². The first-order valence-electron chi connectivity index (χ1n) is 5.57. The number of thioether (sulfide) groups is 1. The van der Waals surface area contributed by atoms with E-state index >= 15 is 0 Å². The molecular weight excluding hydrogens is 270 g/mol. The third kappa shape index (κ3) is 4.30. The van der Waals surface area contributed by atoms with E-state index in [-0.39, 0.29) is 22.1 Å². The fourth-order valence-corrected chi connectivity index (χ4v) is 2.17. The lowest BCUT2D eigenvalue weighted by Gasteiger charge is -2.17. The molecule has 1 rings (SSSR count). The van der Waals surface area contributed by atoms with E-state index in [9.17, 15) is 25.1 Å². The molecule has 0 heterocycles. The van der Waals surface area contributed by atoms with Gasteiger partial charge in [0.15, 0.2) is 5.12 Å². The van der Waals surface area contributed by atoms with Crippen LogP contribution in [0.1, 0.15) is 24.2 Å². The largest absolute Gasteiger partial charge is 0.389 e. The Balaban J connectivity index is 2.97. The van der Waals surface area contributed by atoms with Gasteiger partial charge in [-0.2, -0.15) is 0 Å². The summed E-state index contributed by atoms with van der Waals surface area (Å²) in [6.07, 6.45) is -2.64. The normalized spacial score (nSPS) is 13.9. The fraction of sp³-hybridized carbons (Fsp3) is 0.417. The van der Waals surface area contributed by atoms with Gasteiger partial charge in [-0.3, -0.25) is 14.9 Å². The maximum Gasteiger partial charge on any atom is 0.275 e. The van der Waals surface area contributed by atoms with Crippen LogP contribution in [0, 0.1) is 17.0 Å². The van der Waals surface area contributed by atoms with Gasteiger partial charge < -0.3 is 10.2 Å². The van der Waals surface area contributed by atoms with Gasteiger partial charge in [-0.05, 0) is 13.0 Å². The van der Waals surface area contributed by atoms with Gasteiger partial charge in [-0.15, -0.1) is 0 Å². The summed E-state index contributed by atoms with van der Waals surface area (Å²) >= 11 is 0.862. The smallest absolute Gasteiger partial charge is 0.275 e. The Kier molecular flexibility index (Phi) is 5.46. The van der Waals surface area contributed by atoms with Crippen molar-refractivity contribution < 1.29 is 19.9 Å². The second kappa shape index (κ2) is 6.65. The molecular formula is C12H15NO5S. The highest BCUT2D eigenvalue weighted by atomic mass is 32.2. The molecule has 0 saturated heterocycles. The predicted molar refractivity (Wildman–Crippen MR) is 71.9 cm³/mol. The van der Waals surface area contributed by atoms with Crippen LogP contribution in [0.5, 0.6) is 0 Å². The molecule has 2 N–H and O–H groups in total. The van der Waals surface area contributed by atoms with Crippen molar-refractivity contribution in [3.8, 4) is 0 Å². The monoisotopic (exact) mass is 285 g/mol. The van der Waals surface area contributed by atoms with Gasteiger partial charge in [0.05, 0.1) is 16.6 Å². The molecule has 2 atom stereocenters. The number of aliphatic hydroxyl groups is 2. The number of aryl methyl sites for hydroxylation is 1. The fourth-order valence-electron chi connectivity index (χ4n) is 1.58. The Morgan fingerprint density at radius 2 is 2.11 bits per heavy atom. The van der Waals surface area contributed by atoms with Gasteiger partial charge in [-0.25, -0.2) is 0 Å². The lowest BCUT2D eigenvalue weighted by Crippen LogP contribution is -2.22. The predicted octanol–water partition coefficient (Wildman–Crippen LogP) is 1.58. The van der Waals surface area contributed by atoms with E-state index in [0.29, 0.717) is 0 Å². The molecule has 0 aliphatic rings. The van der Waals surface area contributed by atoms with Crippen molar-refractivity contribution in [3.05, 3.63) is 39.4 Å². The third-order valence-electron chi connectivity index (χ3n) is 2.52. The first-order chi connectivity index (χ1) is 8.82. The first kappa shape index (κ1) is 15.6. The second-order valence-electron chi connectivity index (χ2n) is 4.13. The Hall–Kier alpha value is -1.44. The molecule has 1 aromatic carbocycles. The summed E-state index contributed by atoms with van der Waals surface area (Å²) in [5.41, 5.74) is 0.553. The van der Waals surface area contributed by atoms with Crippen LogP contribution in [-0.2, 0) is 4.79 Å². The molecule has 0 aromatic heterocycles. The summed E-state index contributed by atoms with van der Waals surface area (Å²) < 4.78 is 0. The molecule has 6 nitrogen and oxygen atoms in total. The van der Waals surface area contributed by atoms with Crippen LogP contribution < -0.4 is 0 Å². The number of nitrogens with zero attached hydrogens (tertiary/aromatic N) is 1. The topological polar surface area (TPSA) is 101 Å². The van der Waals surface area contributed by atoms with E-state index in [2.05, 4.69) is 0 Å². The molecule has 1 aromatic rings. The van der Waals surface area contributed by atoms with E-state index in [1.54, 1.807) is 13.0 Å². The Morgan fingerprint density at radius 3 is 2.63 bits per heavy atom. The van der Waals surface area contributed by atoms with Gasteiger partial charge in [0.2, 0.25) is 0 Å². The average molecular weight is 285 g/mol. The van der Waals surface area contributed by atoms with Crippen molar-refractivity contribution in [1.82, 2.24) is 0 Å². The van der Waals surface area contributed by atoms with Crippen molar-refractivity contribution in [2.45, 2.75) is 26.1 Å². The number of nitro benzene ring substituents is 1. The molecule has 0 amide bonds. The zero-order valence-electron chi connectivity index (χ0n) is 10.6. The maximum atomic E-state index is 10.9. The number of hydrogen-bond acceptors (Lipinski definition) is 6. The quantitative estimate of drug-likeness (QED) is 0.629. The molecule has 104 valence electrons. The van der Waals surface area contributed by atoms with Crippen LogP contribution in [0.15, 0.2) is 18.2 Å². The number of nitro groups is 1. The third-order valence-corrected chi connectivity index (χ3v) is 3.43. The van der Waals surface area contributed by atoms with Gasteiger partial charge in [-0.1, -0.05) is 23.4 Å². The highest BCUT2D eigenvalue weighted by Crippen LogP contribution is 2.29. The molecule has 0 fully saturated rings. The highest BCUT2D eigenvalue weighted by molar-refractivity contribution is 8.13. The summed E-state index contributed by atoms with van der Waals surface area (Å²) in [6.45, 7) is 3.08. The van der Waals surface area contributed by atoms with Crippen LogP contribution >= 0.6 is 11.8 Å². The molecule has 0 aliphatic heterocycles. The first-order valence-corrected chi connectivity index (χ1v) is 6.56. The van der Waals surface area contributed by atoms with E-state index in [0.717, 1.165) is 17.3 Å². The molecule has 0 bridgehead atoms. The van der Waals surface area contributed by atoms with Crippen molar-refractivity contribution in [2.24, 2.45) is 0 Å². The Bertz CT molecular complexity index is 491. The number of hydrogen-bond donors (Lipinski definition) is 2. The van der Waals surface area contributed by atoms with E-state index < -0.39 is 17.1 Å². The molecule has 0 saturated carbocycles. The minimum Gasteiger partial charge on any atom is -0.389 e. The molecule has 7 heteroatoms. The minimum atomic E-state index is -1.40. The summed E-state index contributed by atoms with van der Waals surface area (Å²) in [4.78, 5) is 21.1. The SMILES string of the molecule is CC(=O)SCC(O)C(O)c1cc(C)ccc1[N+](=O)[O-]. The molecule has 0 spiro atoms. The van der Waals surface area contributed by atoms with Gasteiger partial charge >= 0.3 is 0 Å². The zero-order chi connectivity index (χ0) is 14.6. The van der Waals surface area contributed by atoms with Gasteiger partial charge in [0.25, 0.3) is 5.69 Å². The van der Waals surface area contributed by atoms with Crippen molar-refractivity contribution in [3.63, 3.8) is 0 Å². The summed E-state index contributed by atoms with van der Waals surface area (Å²) in [6, 6.07) is 4.31. The Morgan fingerprint density at radius 1 is 1.47 bits per heavy atom. The molecule has 0 radical (unpaired) electrons. The summed E-state index contributed by atoms with van der Waals surface area (Å²) in [5.74, 6) is -0.0123. The van der Waals surface area contributed by atoms with Crippen LogP contribution in [0.25, 0.3) is 0 Å². The zero-order valence-corrected chi connectivity index (χ0v) is 11.4. The number of carbonyl (C=O) groups excluding carboxylic acids is 1. The number of carbonyl (C=O) groups is 1.